The Balaban J connectivity index is 1.95. The van der Waals surface area contributed by atoms with Crippen LogP contribution < -0.4 is 5.56 Å². The highest BCUT2D eigenvalue weighted by Gasteiger charge is 2.18. The van der Waals surface area contributed by atoms with Gasteiger partial charge < -0.3 is 4.57 Å². The molecule has 0 N–H and O–H groups in total. The maximum absolute atomic E-state index is 12.8. The Morgan fingerprint density at radius 1 is 1.23 bits per heavy atom. The Morgan fingerprint density at radius 3 is 2.54 bits per heavy atom. The molecule has 0 saturated heterocycles. The number of carbonyl (C=O) groups is 1. The zero-order valence-electron chi connectivity index (χ0n) is 15.7. The third-order valence-corrected chi connectivity index (χ3v) is 5.65. The predicted molar refractivity (Wildman–Crippen MR) is 106 cm³/mol. The number of hydrogen-bond donors (Lipinski definition) is 0. The third kappa shape index (κ3) is 3.21. The van der Waals surface area contributed by atoms with Crippen molar-refractivity contribution in [3.63, 3.8) is 0 Å². The van der Waals surface area contributed by atoms with E-state index >= 15 is 0 Å². The minimum absolute atomic E-state index is 0.0297. The molecule has 3 aromatic rings. The van der Waals surface area contributed by atoms with Gasteiger partial charge in [0, 0.05) is 30.0 Å². The first-order valence-electron chi connectivity index (χ1n) is 8.61. The van der Waals surface area contributed by atoms with Crippen LogP contribution in [0.2, 0.25) is 0 Å². The molecule has 0 spiro atoms. The Hall–Kier alpha value is -2.34. The highest BCUT2D eigenvalue weighted by atomic mass is 32.2. The summed E-state index contributed by atoms with van der Waals surface area (Å²) in [5, 5.41) is 1.19. The summed E-state index contributed by atoms with van der Waals surface area (Å²) >= 11 is 1.32. The molecular weight excluding hydrogens is 346 g/mol. The number of hydrogen-bond acceptors (Lipinski definition) is 4. The summed E-state index contributed by atoms with van der Waals surface area (Å²) in [6.07, 6.45) is 0. The van der Waals surface area contributed by atoms with Crippen LogP contribution in [-0.2, 0) is 7.05 Å². The van der Waals surface area contributed by atoms with Gasteiger partial charge in [-0.25, -0.2) is 4.98 Å². The summed E-state index contributed by atoms with van der Waals surface area (Å²) < 4.78 is 3.68. The largest absolute Gasteiger partial charge is 0.351 e. The van der Waals surface area contributed by atoms with Crippen LogP contribution in [0.3, 0.4) is 0 Å². The molecule has 0 atom stereocenters. The standard InChI is InChI=1S/C20H23N3O2S/c1-12(2)23-19(25)15-8-6-7-9-17(15)21-20(23)26-11-18(24)16-10-13(3)22(5)14(16)4/h6-10,12H,11H2,1-5H3. The van der Waals surface area contributed by atoms with Crippen LogP contribution in [0.5, 0.6) is 0 Å². The SMILES string of the molecule is Cc1cc(C(=O)CSc2nc3ccccc3c(=O)n2C(C)C)c(C)n1C. The van der Waals surface area contributed by atoms with E-state index in [1.165, 1.54) is 11.8 Å². The number of aryl methyl sites for hydroxylation is 1. The van der Waals surface area contributed by atoms with E-state index in [0.717, 1.165) is 17.0 Å². The molecule has 0 unspecified atom stereocenters. The van der Waals surface area contributed by atoms with Crippen molar-refractivity contribution >= 4 is 28.4 Å². The quantitative estimate of drug-likeness (QED) is 0.389. The number of Topliss-reactive ketones (excluding diaryl/α,β-unsaturated/α-hetero) is 1. The molecule has 1 aromatic carbocycles. The fourth-order valence-corrected chi connectivity index (χ4v) is 4.04. The van der Waals surface area contributed by atoms with Crippen LogP contribution in [0.4, 0.5) is 0 Å². The van der Waals surface area contributed by atoms with Gasteiger partial charge in [0.1, 0.15) is 0 Å². The van der Waals surface area contributed by atoms with Gasteiger partial charge in [-0.1, -0.05) is 23.9 Å². The second-order valence-corrected chi connectivity index (χ2v) is 7.68. The number of para-hydroxylation sites is 1. The van der Waals surface area contributed by atoms with E-state index in [-0.39, 0.29) is 23.1 Å². The lowest BCUT2D eigenvalue weighted by atomic mass is 10.2. The fraction of sp³-hybridized carbons (Fsp3) is 0.350. The lowest BCUT2D eigenvalue weighted by molar-refractivity contribution is 0.102. The first kappa shape index (κ1) is 18.5. The minimum Gasteiger partial charge on any atom is -0.351 e. The minimum atomic E-state index is -0.0627. The first-order chi connectivity index (χ1) is 12.3. The van der Waals surface area contributed by atoms with E-state index in [0.29, 0.717) is 16.1 Å². The molecule has 26 heavy (non-hydrogen) atoms. The molecule has 0 aliphatic carbocycles. The summed E-state index contributed by atoms with van der Waals surface area (Å²) in [7, 11) is 1.95. The summed E-state index contributed by atoms with van der Waals surface area (Å²) in [6.45, 7) is 7.84. The molecule has 6 heteroatoms. The highest BCUT2D eigenvalue weighted by molar-refractivity contribution is 7.99. The van der Waals surface area contributed by atoms with Crippen molar-refractivity contribution in [1.82, 2.24) is 14.1 Å². The van der Waals surface area contributed by atoms with E-state index in [9.17, 15) is 9.59 Å². The van der Waals surface area contributed by atoms with Crippen molar-refractivity contribution in [2.45, 2.75) is 38.9 Å². The predicted octanol–water partition coefficient (Wildman–Crippen LogP) is 3.91. The van der Waals surface area contributed by atoms with Gasteiger partial charge in [-0.05, 0) is 45.9 Å². The van der Waals surface area contributed by atoms with E-state index in [4.69, 9.17) is 0 Å². The van der Waals surface area contributed by atoms with Gasteiger partial charge in [0.2, 0.25) is 0 Å². The van der Waals surface area contributed by atoms with Gasteiger partial charge >= 0.3 is 0 Å². The average molecular weight is 369 g/mol. The Morgan fingerprint density at radius 2 is 1.92 bits per heavy atom. The van der Waals surface area contributed by atoms with Gasteiger partial charge in [0.25, 0.3) is 5.56 Å². The molecule has 0 aliphatic rings. The topological polar surface area (TPSA) is 56.9 Å². The van der Waals surface area contributed by atoms with Gasteiger partial charge in [0.05, 0.1) is 16.7 Å². The summed E-state index contributed by atoms with van der Waals surface area (Å²) in [5.41, 5.74) is 3.35. The average Bonchev–Trinajstić information content (AvgIpc) is 2.87. The fourth-order valence-electron chi connectivity index (χ4n) is 3.03. The number of benzene rings is 1. The normalized spacial score (nSPS) is 11.5. The molecule has 0 radical (unpaired) electrons. The molecule has 0 aliphatic heterocycles. The van der Waals surface area contributed by atoms with Gasteiger partial charge in [-0.15, -0.1) is 0 Å². The molecule has 0 saturated carbocycles. The van der Waals surface area contributed by atoms with Crippen LogP contribution in [0.1, 0.15) is 41.6 Å². The van der Waals surface area contributed by atoms with E-state index < -0.39 is 0 Å². The Labute approximate surface area is 157 Å². The second kappa shape index (κ2) is 7.11. The molecular formula is C20H23N3O2S. The number of nitrogens with zero attached hydrogens (tertiary/aromatic N) is 3. The molecule has 2 aromatic heterocycles. The van der Waals surface area contributed by atoms with Crippen molar-refractivity contribution in [3.05, 3.63) is 57.6 Å². The van der Waals surface area contributed by atoms with E-state index in [1.807, 2.05) is 63.6 Å². The monoisotopic (exact) mass is 369 g/mol. The molecule has 0 bridgehead atoms. The zero-order valence-corrected chi connectivity index (χ0v) is 16.6. The van der Waals surface area contributed by atoms with Gasteiger partial charge in [-0.3, -0.25) is 14.2 Å². The molecule has 0 fully saturated rings. The summed E-state index contributed by atoms with van der Waals surface area (Å²) in [6, 6.07) is 9.22. The Kier molecular flexibility index (Phi) is 5.05. The molecule has 0 amide bonds. The lowest BCUT2D eigenvalue weighted by Crippen LogP contribution is -2.25. The second-order valence-electron chi connectivity index (χ2n) is 6.74. The number of fused-ring (bicyclic) bond motifs is 1. The third-order valence-electron chi connectivity index (χ3n) is 4.70. The lowest BCUT2D eigenvalue weighted by Gasteiger charge is -2.15. The van der Waals surface area contributed by atoms with Crippen LogP contribution in [0.25, 0.3) is 10.9 Å². The molecule has 3 rings (SSSR count). The van der Waals surface area contributed by atoms with Crippen molar-refractivity contribution in [1.29, 1.82) is 0 Å². The van der Waals surface area contributed by atoms with Crippen molar-refractivity contribution in [3.8, 4) is 0 Å². The number of rotatable bonds is 5. The number of ketones is 1. The van der Waals surface area contributed by atoms with Crippen LogP contribution >= 0.6 is 11.8 Å². The maximum Gasteiger partial charge on any atom is 0.262 e. The number of thioether (sulfide) groups is 1. The van der Waals surface area contributed by atoms with E-state index in [1.54, 1.807) is 10.6 Å². The highest BCUT2D eigenvalue weighted by Crippen LogP contribution is 2.23. The number of carbonyl (C=O) groups excluding carboxylic acids is 1. The molecule has 5 nitrogen and oxygen atoms in total. The zero-order chi connectivity index (χ0) is 19.0. The van der Waals surface area contributed by atoms with Crippen LogP contribution in [0.15, 0.2) is 40.3 Å². The Bertz CT molecular complexity index is 1050. The summed E-state index contributed by atoms with van der Waals surface area (Å²) in [5.74, 6) is 0.302. The van der Waals surface area contributed by atoms with E-state index in [2.05, 4.69) is 4.98 Å². The van der Waals surface area contributed by atoms with Crippen LogP contribution in [0, 0.1) is 13.8 Å². The van der Waals surface area contributed by atoms with Crippen molar-refractivity contribution < 1.29 is 4.79 Å². The number of aromatic nitrogens is 3. The van der Waals surface area contributed by atoms with Crippen LogP contribution in [-0.4, -0.2) is 25.7 Å². The van der Waals surface area contributed by atoms with Gasteiger partial charge in [-0.2, -0.15) is 0 Å². The van der Waals surface area contributed by atoms with Crippen molar-refractivity contribution in [2.24, 2.45) is 7.05 Å². The first-order valence-corrected chi connectivity index (χ1v) is 9.60. The molecule has 2 heterocycles. The smallest absolute Gasteiger partial charge is 0.262 e. The maximum atomic E-state index is 12.8. The summed E-state index contributed by atoms with van der Waals surface area (Å²) in [4.78, 5) is 30.2. The van der Waals surface area contributed by atoms with Crippen molar-refractivity contribution in [2.75, 3.05) is 5.75 Å². The van der Waals surface area contributed by atoms with Gasteiger partial charge in [0.15, 0.2) is 10.9 Å². The molecule has 136 valence electrons.